The van der Waals surface area contributed by atoms with E-state index in [4.69, 9.17) is 5.11 Å². The second-order valence-corrected chi connectivity index (χ2v) is 4.25. The molecule has 0 aromatic heterocycles. The standard InChI is InChI=1S/C12H14F2N2O2/c13-9-1-2-10(14)11(7-9)16-5-3-15(4-6-16)8-12(17)18/h1-2,7H,3-6,8H2,(H,17,18). The summed E-state index contributed by atoms with van der Waals surface area (Å²) >= 11 is 0. The van der Waals surface area contributed by atoms with E-state index in [-0.39, 0.29) is 12.2 Å². The van der Waals surface area contributed by atoms with E-state index in [9.17, 15) is 13.6 Å². The third kappa shape index (κ3) is 2.95. The van der Waals surface area contributed by atoms with E-state index in [2.05, 4.69) is 0 Å². The second kappa shape index (κ2) is 5.30. The van der Waals surface area contributed by atoms with Gasteiger partial charge in [0.2, 0.25) is 0 Å². The second-order valence-electron chi connectivity index (χ2n) is 4.25. The number of carboxylic acid groups (broad SMARTS) is 1. The molecule has 1 heterocycles. The highest BCUT2D eigenvalue weighted by Crippen LogP contribution is 2.21. The number of piperazine rings is 1. The van der Waals surface area contributed by atoms with Crippen molar-refractivity contribution in [2.45, 2.75) is 0 Å². The lowest BCUT2D eigenvalue weighted by molar-refractivity contribution is -0.138. The first-order valence-electron chi connectivity index (χ1n) is 5.70. The third-order valence-electron chi connectivity index (χ3n) is 2.98. The number of hydrogen-bond acceptors (Lipinski definition) is 3. The van der Waals surface area contributed by atoms with E-state index >= 15 is 0 Å². The monoisotopic (exact) mass is 256 g/mol. The number of carbonyl (C=O) groups is 1. The first-order chi connectivity index (χ1) is 8.56. The first-order valence-corrected chi connectivity index (χ1v) is 5.70. The molecular formula is C12H14F2N2O2. The third-order valence-corrected chi connectivity index (χ3v) is 2.98. The van der Waals surface area contributed by atoms with Gasteiger partial charge in [-0.1, -0.05) is 0 Å². The van der Waals surface area contributed by atoms with Gasteiger partial charge in [-0.25, -0.2) is 8.78 Å². The molecule has 0 amide bonds. The Labute approximate surface area is 103 Å². The molecular weight excluding hydrogens is 242 g/mol. The molecule has 0 bridgehead atoms. The lowest BCUT2D eigenvalue weighted by atomic mass is 10.2. The predicted molar refractivity (Wildman–Crippen MR) is 62.6 cm³/mol. The molecule has 2 rings (SSSR count). The number of rotatable bonds is 3. The minimum Gasteiger partial charge on any atom is -0.480 e. The van der Waals surface area contributed by atoms with E-state index in [1.54, 1.807) is 9.80 Å². The van der Waals surface area contributed by atoms with E-state index in [0.717, 1.165) is 12.1 Å². The van der Waals surface area contributed by atoms with Crippen LogP contribution in [-0.2, 0) is 4.79 Å². The highest BCUT2D eigenvalue weighted by atomic mass is 19.1. The molecule has 0 saturated carbocycles. The van der Waals surface area contributed by atoms with Crippen LogP contribution in [-0.4, -0.2) is 48.7 Å². The van der Waals surface area contributed by atoms with Crippen molar-refractivity contribution in [1.82, 2.24) is 4.90 Å². The number of nitrogens with zero attached hydrogens (tertiary/aromatic N) is 2. The van der Waals surface area contributed by atoms with Crippen LogP contribution in [0.4, 0.5) is 14.5 Å². The molecule has 0 atom stereocenters. The summed E-state index contributed by atoms with van der Waals surface area (Å²) in [4.78, 5) is 14.1. The highest BCUT2D eigenvalue weighted by Gasteiger charge is 2.21. The summed E-state index contributed by atoms with van der Waals surface area (Å²) in [6.45, 7) is 2.03. The Morgan fingerprint density at radius 2 is 1.89 bits per heavy atom. The summed E-state index contributed by atoms with van der Waals surface area (Å²) in [7, 11) is 0. The largest absolute Gasteiger partial charge is 0.480 e. The Morgan fingerprint density at radius 3 is 2.50 bits per heavy atom. The number of carboxylic acids is 1. The molecule has 18 heavy (non-hydrogen) atoms. The smallest absolute Gasteiger partial charge is 0.317 e. The van der Waals surface area contributed by atoms with Crippen molar-refractivity contribution in [3.63, 3.8) is 0 Å². The number of aliphatic carboxylic acids is 1. The molecule has 0 aliphatic carbocycles. The normalized spacial score (nSPS) is 16.9. The molecule has 1 aliphatic rings. The summed E-state index contributed by atoms with van der Waals surface area (Å²) in [5.74, 6) is -1.80. The molecule has 1 saturated heterocycles. The number of hydrogen-bond donors (Lipinski definition) is 1. The zero-order valence-corrected chi connectivity index (χ0v) is 9.77. The van der Waals surface area contributed by atoms with Crippen LogP contribution < -0.4 is 4.90 Å². The Balaban J connectivity index is 2.01. The van der Waals surface area contributed by atoms with Gasteiger partial charge in [0.25, 0.3) is 0 Å². The topological polar surface area (TPSA) is 43.8 Å². The van der Waals surface area contributed by atoms with Gasteiger partial charge in [0.15, 0.2) is 0 Å². The fourth-order valence-electron chi connectivity index (χ4n) is 2.07. The predicted octanol–water partition coefficient (Wildman–Crippen LogP) is 1.17. The summed E-state index contributed by atoms with van der Waals surface area (Å²) < 4.78 is 26.6. The Kier molecular flexibility index (Phi) is 3.76. The van der Waals surface area contributed by atoms with Gasteiger partial charge in [-0.3, -0.25) is 9.69 Å². The maximum Gasteiger partial charge on any atom is 0.317 e. The van der Waals surface area contributed by atoms with Crippen LogP contribution in [0.5, 0.6) is 0 Å². The highest BCUT2D eigenvalue weighted by molar-refractivity contribution is 5.69. The lowest BCUT2D eigenvalue weighted by Crippen LogP contribution is -2.48. The van der Waals surface area contributed by atoms with Crippen LogP contribution in [0.2, 0.25) is 0 Å². The van der Waals surface area contributed by atoms with Gasteiger partial charge in [-0.15, -0.1) is 0 Å². The van der Waals surface area contributed by atoms with Gasteiger partial charge in [0.05, 0.1) is 12.2 Å². The molecule has 1 N–H and O–H groups in total. The SMILES string of the molecule is O=C(O)CN1CCN(c2cc(F)ccc2F)CC1. The quantitative estimate of drug-likeness (QED) is 0.881. The van der Waals surface area contributed by atoms with Crippen LogP contribution in [0.25, 0.3) is 0 Å². The first kappa shape index (κ1) is 12.8. The lowest BCUT2D eigenvalue weighted by Gasteiger charge is -2.35. The average molecular weight is 256 g/mol. The van der Waals surface area contributed by atoms with Crippen molar-refractivity contribution in [2.24, 2.45) is 0 Å². The van der Waals surface area contributed by atoms with Gasteiger partial charge in [0.1, 0.15) is 11.6 Å². The Hall–Kier alpha value is -1.69. The van der Waals surface area contributed by atoms with Crippen molar-refractivity contribution in [2.75, 3.05) is 37.6 Å². The van der Waals surface area contributed by atoms with Crippen LogP contribution in [0.3, 0.4) is 0 Å². The Morgan fingerprint density at radius 1 is 1.22 bits per heavy atom. The molecule has 1 aliphatic heterocycles. The summed E-state index contributed by atoms with van der Waals surface area (Å²) in [5, 5.41) is 8.66. The van der Waals surface area contributed by atoms with Crippen LogP contribution in [0, 0.1) is 11.6 Å². The molecule has 1 fully saturated rings. The van der Waals surface area contributed by atoms with Gasteiger partial charge in [0, 0.05) is 32.2 Å². The molecule has 0 spiro atoms. The number of anilines is 1. The summed E-state index contributed by atoms with van der Waals surface area (Å²) in [6, 6.07) is 3.36. The van der Waals surface area contributed by atoms with Gasteiger partial charge in [-0.2, -0.15) is 0 Å². The molecule has 6 heteroatoms. The van der Waals surface area contributed by atoms with Crippen molar-refractivity contribution < 1.29 is 18.7 Å². The molecule has 0 unspecified atom stereocenters. The van der Waals surface area contributed by atoms with Crippen LogP contribution >= 0.6 is 0 Å². The number of halogens is 2. The minimum atomic E-state index is -0.875. The van der Waals surface area contributed by atoms with Crippen molar-refractivity contribution >= 4 is 11.7 Å². The molecule has 4 nitrogen and oxygen atoms in total. The van der Waals surface area contributed by atoms with E-state index in [0.29, 0.717) is 26.2 Å². The van der Waals surface area contributed by atoms with Crippen molar-refractivity contribution in [3.8, 4) is 0 Å². The van der Waals surface area contributed by atoms with Crippen LogP contribution in [0.1, 0.15) is 0 Å². The maximum atomic E-state index is 13.5. The molecule has 0 radical (unpaired) electrons. The number of benzene rings is 1. The molecule has 98 valence electrons. The zero-order chi connectivity index (χ0) is 13.1. The van der Waals surface area contributed by atoms with Gasteiger partial charge in [-0.05, 0) is 12.1 Å². The van der Waals surface area contributed by atoms with E-state index in [1.807, 2.05) is 0 Å². The minimum absolute atomic E-state index is 0.0144. The average Bonchev–Trinajstić information content (AvgIpc) is 2.33. The fraction of sp³-hybridized carbons (Fsp3) is 0.417. The van der Waals surface area contributed by atoms with Gasteiger partial charge >= 0.3 is 5.97 Å². The van der Waals surface area contributed by atoms with Crippen molar-refractivity contribution in [1.29, 1.82) is 0 Å². The maximum absolute atomic E-state index is 13.5. The van der Waals surface area contributed by atoms with Crippen LogP contribution in [0.15, 0.2) is 18.2 Å². The fourth-order valence-corrected chi connectivity index (χ4v) is 2.07. The van der Waals surface area contributed by atoms with Gasteiger partial charge < -0.3 is 10.0 Å². The van der Waals surface area contributed by atoms with E-state index < -0.39 is 17.6 Å². The van der Waals surface area contributed by atoms with Crippen molar-refractivity contribution in [3.05, 3.63) is 29.8 Å². The summed E-state index contributed by atoms with van der Waals surface area (Å²) in [6.07, 6.45) is 0. The summed E-state index contributed by atoms with van der Waals surface area (Å²) in [5.41, 5.74) is 0.241. The van der Waals surface area contributed by atoms with E-state index in [1.165, 1.54) is 6.07 Å². The molecule has 1 aromatic carbocycles. The zero-order valence-electron chi connectivity index (χ0n) is 9.77. The Bertz CT molecular complexity index is 446. The molecule has 1 aromatic rings.